The molecule has 0 saturated carbocycles. The van der Waals surface area contributed by atoms with Crippen molar-refractivity contribution in [3.05, 3.63) is 70.8 Å². The van der Waals surface area contributed by atoms with E-state index in [9.17, 15) is 14.4 Å². The minimum atomic E-state index is -1.34. The summed E-state index contributed by atoms with van der Waals surface area (Å²) in [5, 5.41) is 0. The molecular formula is C21H22O6. The Morgan fingerprint density at radius 1 is 0.815 bits per heavy atom. The van der Waals surface area contributed by atoms with E-state index in [2.05, 4.69) is 0 Å². The first-order chi connectivity index (χ1) is 12.9. The van der Waals surface area contributed by atoms with Gasteiger partial charge in [0.05, 0.1) is 17.7 Å². The van der Waals surface area contributed by atoms with Crippen LogP contribution in [0.2, 0.25) is 0 Å². The molecule has 0 aromatic heterocycles. The van der Waals surface area contributed by atoms with Crippen LogP contribution in [0.3, 0.4) is 0 Å². The van der Waals surface area contributed by atoms with Crippen LogP contribution in [0.4, 0.5) is 0 Å². The van der Waals surface area contributed by atoms with E-state index >= 15 is 0 Å². The molecule has 6 heteroatoms. The summed E-state index contributed by atoms with van der Waals surface area (Å²) in [6, 6.07) is 13.8. The highest BCUT2D eigenvalue weighted by Gasteiger charge is 2.27. The first-order valence-electron chi connectivity index (χ1n) is 8.60. The number of hydrogen-bond donors (Lipinski definition) is 0. The Morgan fingerprint density at radius 2 is 1.33 bits per heavy atom. The van der Waals surface area contributed by atoms with Crippen LogP contribution in [0.15, 0.2) is 48.5 Å². The van der Waals surface area contributed by atoms with Crippen LogP contribution in [0, 0.1) is 13.8 Å². The quantitative estimate of drug-likeness (QED) is 0.550. The molecule has 0 aliphatic carbocycles. The minimum Gasteiger partial charge on any atom is -0.463 e. The molecule has 0 amide bonds. The largest absolute Gasteiger partial charge is 0.463 e. The average Bonchev–Trinajstić information content (AvgIpc) is 2.65. The summed E-state index contributed by atoms with van der Waals surface area (Å²) in [7, 11) is 0. The maximum absolute atomic E-state index is 12.4. The highest BCUT2D eigenvalue weighted by Crippen LogP contribution is 2.13. The van der Waals surface area contributed by atoms with Crippen LogP contribution < -0.4 is 0 Å². The van der Waals surface area contributed by atoms with Gasteiger partial charge in [0.25, 0.3) is 0 Å². The van der Waals surface area contributed by atoms with Gasteiger partial charge in [-0.25, -0.2) is 14.4 Å². The zero-order valence-corrected chi connectivity index (χ0v) is 15.6. The molecule has 0 spiro atoms. The zero-order chi connectivity index (χ0) is 19.8. The van der Waals surface area contributed by atoms with Gasteiger partial charge in [-0.05, 0) is 44.0 Å². The molecule has 0 fully saturated rings. The number of hydrogen-bond acceptors (Lipinski definition) is 6. The van der Waals surface area contributed by atoms with Gasteiger partial charge in [0.15, 0.2) is 0 Å². The van der Waals surface area contributed by atoms with E-state index < -0.39 is 30.6 Å². The summed E-state index contributed by atoms with van der Waals surface area (Å²) in [6.07, 6.45) is -1.34. The van der Waals surface area contributed by atoms with E-state index in [0.717, 1.165) is 5.56 Å². The normalized spacial score (nSPS) is 11.4. The molecule has 27 heavy (non-hydrogen) atoms. The number of esters is 3. The van der Waals surface area contributed by atoms with E-state index in [1.807, 2.05) is 0 Å². The standard InChI is InChI=1S/C21H22O6/c1-4-25-21(24)18(27-20(23)17-12-8-6-10-15(17)3)13-26-19(22)16-11-7-5-9-14(16)2/h5-12,18H,4,13H2,1-3H3/t18-/m0/s1. The van der Waals surface area contributed by atoms with Crippen molar-refractivity contribution in [1.82, 2.24) is 0 Å². The molecule has 2 rings (SSSR count). The lowest BCUT2D eigenvalue weighted by Gasteiger charge is -2.17. The van der Waals surface area contributed by atoms with E-state index in [4.69, 9.17) is 14.2 Å². The predicted octanol–water partition coefficient (Wildman–Crippen LogP) is 3.25. The second-order valence-electron chi connectivity index (χ2n) is 5.87. The van der Waals surface area contributed by atoms with E-state index in [-0.39, 0.29) is 6.61 Å². The zero-order valence-electron chi connectivity index (χ0n) is 15.6. The third-order valence-electron chi connectivity index (χ3n) is 3.89. The van der Waals surface area contributed by atoms with Gasteiger partial charge in [0.1, 0.15) is 6.61 Å². The summed E-state index contributed by atoms with van der Waals surface area (Å²) < 4.78 is 15.4. The third-order valence-corrected chi connectivity index (χ3v) is 3.89. The van der Waals surface area contributed by atoms with Gasteiger partial charge in [-0.15, -0.1) is 0 Å². The first-order valence-corrected chi connectivity index (χ1v) is 8.60. The van der Waals surface area contributed by atoms with Crippen LogP contribution in [0.25, 0.3) is 0 Å². The summed E-state index contributed by atoms with van der Waals surface area (Å²) in [5.74, 6) is -2.05. The van der Waals surface area contributed by atoms with E-state index in [1.54, 1.807) is 69.3 Å². The van der Waals surface area contributed by atoms with Crippen molar-refractivity contribution in [3.63, 3.8) is 0 Å². The average molecular weight is 370 g/mol. The summed E-state index contributed by atoms with van der Waals surface area (Å²) in [4.78, 5) is 36.7. The number of carbonyl (C=O) groups excluding carboxylic acids is 3. The third kappa shape index (κ3) is 5.41. The highest BCUT2D eigenvalue weighted by atomic mass is 16.6. The Balaban J connectivity index is 2.09. The fourth-order valence-electron chi connectivity index (χ4n) is 2.41. The summed E-state index contributed by atoms with van der Waals surface area (Å²) in [5.41, 5.74) is 2.16. The summed E-state index contributed by atoms with van der Waals surface area (Å²) >= 11 is 0. The topological polar surface area (TPSA) is 78.9 Å². The van der Waals surface area contributed by atoms with Crippen LogP contribution >= 0.6 is 0 Å². The van der Waals surface area contributed by atoms with Gasteiger partial charge in [-0.3, -0.25) is 0 Å². The van der Waals surface area contributed by atoms with Crippen molar-refractivity contribution >= 4 is 17.9 Å². The number of carbonyl (C=O) groups is 3. The van der Waals surface area contributed by atoms with Crippen molar-refractivity contribution in [2.75, 3.05) is 13.2 Å². The smallest absolute Gasteiger partial charge is 0.351 e. The van der Waals surface area contributed by atoms with Crippen molar-refractivity contribution in [2.45, 2.75) is 26.9 Å². The monoisotopic (exact) mass is 370 g/mol. The predicted molar refractivity (Wildman–Crippen MR) is 98.5 cm³/mol. The molecule has 0 bridgehead atoms. The van der Waals surface area contributed by atoms with Crippen molar-refractivity contribution in [1.29, 1.82) is 0 Å². The maximum Gasteiger partial charge on any atom is 0.351 e. The van der Waals surface area contributed by atoms with Crippen molar-refractivity contribution in [2.24, 2.45) is 0 Å². The van der Waals surface area contributed by atoms with Gasteiger partial charge in [-0.2, -0.15) is 0 Å². The molecule has 142 valence electrons. The van der Waals surface area contributed by atoms with Gasteiger partial charge in [0, 0.05) is 0 Å². The van der Waals surface area contributed by atoms with E-state index in [1.165, 1.54) is 0 Å². The molecule has 6 nitrogen and oxygen atoms in total. The molecule has 0 aliphatic heterocycles. The van der Waals surface area contributed by atoms with Gasteiger partial charge in [0.2, 0.25) is 6.10 Å². The fourth-order valence-corrected chi connectivity index (χ4v) is 2.41. The number of aryl methyl sites for hydroxylation is 2. The lowest BCUT2D eigenvalue weighted by atomic mass is 10.1. The van der Waals surface area contributed by atoms with Gasteiger partial charge >= 0.3 is 17.9 Å². The molecule has 1 atom stereocenters. The van der Waals surface area contributed by atoms with Crippen LogP contribution in [0.1, 0.15) is 38.8 Å². The van der Waals surface area contributed by atoms with Gasteiger partial charge < -0.3 is 14.2 Å². The number of benzene rings is 2. The molecule has 2 aromatic rings. The Hall–Kier alpha value is -3.15. The Kier molecular flexibility index (Phi) is 7.11. The molecule has 0 heterocycles. The Bertz CT molecular complexity index is 827. The number of ether oxygens (including phenoxy) is 3. The van der Waals surface area contributed by atoms with Crippen molar-refractivity contribution in [3.8, 4) is 0 Å². The lowest BCUT2D eigenvalue weighted by molar-refractivity contribution is -0.155. The summed E-state index contributed by atoms with van der Waals surface area (Å²) in [6.45, 7) is 4.86. The molecule has 2 aromatic carbocycles. The lowest BCUT2D eigenvalue weighted by Crippen LogP contribution is -2.34. The fraction of sp³-hybridized carbons (Fsp3) is 0.286. The highest BCUT2D eigenvalue weighted by molar-refractivity contribution is 5.93. The van der Waals surface area contributed by atoms with Crippen LogP contribution in [-0.4, -0.2) is 37.2 Å². The SMILES string of the molecule is CCOC(=O)[C@H](COC(=O)c1ccccc1C)OC(=O)c1ccccc1C. The first kappa shape index (κ1) is 20.2. The van der Waals surface area contributed by atoms with Gasteiger partial charge in [-0.1, -0.05) is 36.4 Å². The minimum absolute atomic E-state index is 0.114. The van der Waals surface area contributed by atoms with Crippen LogP contribution in [0.5, 0.6) is 0 Å². The Labute approximate surface area is 158 Å². The molecule has 0 unspecified atom stereocenters. The molecule has 0 aliphatic rings. The Morgan fingerprint density at radius 3 is 1.85 bits per heavy atom. The molecule has 0 saturated heterocycles. The van der Waals surface area contributed by atoms with Crippen LogP contribution in [-0.2, 0) is 19.0 Å². The second-order valence-corrected chi connectivity index (χ2v) is 5.87. The maximum atomic E-state index is 12.4. The van der Waals surface area contributed by atoms with Crippen molar-refractivity contribution < 1.29 is 28.6 Å². The number of rotatable bonds is 7. The molecule has 0 N–H and O–H groups in total. The molecular weight excluding hydrogens is 348 g/mol. The molecule has 0 radical (unpaired) electrons. The van der Waals surface area contributed by atoms with E-state index in [0.29, 0.717) is 16.7 Å². The second kappa shape index (κ2) is 9.52.